The van der Waals surface area contributed by atoms with Crippen LogP contribution in [0, 0.1) is 17.0 Å². The number of nitrogens with one attached hydrogen (secondary N) is 4. The molecule has 0 aliphatic rings. The van der Waals surface area contributed by atoms with Crippen molar-refractivity contribution in [2.75, 3.05) is 21.3 Å². The number of benzene rings is 6. The van der Waals surface area contributed by atoms with Gasteiger partial charge in [-0.25, -0.2) is 4.79 Å². The fourth-order valence-electron chi connectivity index (χ4n) is 6.58. The lowest BCUT2D eigenvalue weighted by atomic mass is 10.1. The van der Waals surface area contributed by atoms with E-state index in [1.54, 1.807) is 0 Å². The van der Waals surface area contributed by atoms with Gasteiger partial charge in [0.25, 0.3) is 78.2 Å². The van der Waals surface area contributed by atoms with Crippen molar-refractivity contribution < 1.29 is 97.1 Å². The van der Waals surface area contributed by atoms with E-state index >= 15 is 0 Å². The third-order valence-corrected chi connectivity index (χ3v) is 14.6. The number of nitro benzene ring substituents is 1. The van der Waals surface area contributed by atoms with Crippen LogP contribution in [0.3, 0.4) is 0 Å². The molecule has 0 saturated heterocycles. The van der Waals surface area contributed by atoms with E-state index in [1.807, 2.05) is 10.6 Å². The largest absolute Gasteiger partial charge is 0.323 e. The molecule has 370 valence electrons. The number of amides is 4. The summed E-state index contributed by atoms with van der Waals surface area (Å²) >= 11 is 0. The number of nitro groups is 1. The molecule has 0 aliphatic heterocycles. The predicted molar refractivity (Wildman–Crippen MR) is 240 cm³/mol. The zero-order chi connectivity index (χ0) is 52.4. The molecule has 0 spiro atoms. The Labute approximate surface area is 393 Å². The van der Waals surface area contributed by atoms with Gasteiger partial charge in [0.1, 0.15) is 15.5 Å². The normalized spacial score (nSPS) is 12.6. The van der Waals surface area contributed by atoms with Gasteiger partial charge in [-0.05, 0) is 96.1 Å². The van der Waals surface area contributed by atoms with Crippen molar-refractivity contribution in [3.05, 3.63) is 112 Å². The van der Waals surface area contributed by atoms with E-state index < -0.39 is 174 Å². The summed E-state index contributed by atoms with van der Waals surface area (Å²) in [6.07, 6.45) is 0. The number of urea groups is 1. The second kappa shape index (κ2) is 18.0. The highest BCUT2D eigenvalue weighted by Gasteiger charge is 2.29. The molecule has 70 heavy (non-hydrogen) atoms. The van der Waals surface area contributed by atoms with Crippen molar-refractivity contribution in [3.63, 3.8) is 0 Å². The molecule has 6 aromatic rings. The monoisotopic (exact) mass is 1090 g/mol. The predicted octanol–water partition coefficient (Wildman–Crippen LogP) is 3.84. The molecular weight excluding hydrogens is 1060 g/mol. The van der Waals surface area contributed by atoms with Crippen LogP contribution in [0.5, 0.6) is 0 Å². The van der Waals surface area contributed by atoms with Gasteiger partial charge in [-0.2, -0.15) is 50.5 Å². The Hall–Kier alpha value is -7.09. The highest BCUT2D eigenvalue weighted by Crippen LogP contribution is 2.38. The molecule has 0 atom stereocenters. The van der Waals surface area contributed by atoms with E-state index in [-0.39, 0.29) is 12.1 Å². The Morgan fingerprint density at radius 3 is 1.17 bits per heavy atom. The van der Waals surface area contributed by atoms with E-state index in [0.29, 0.717) is 48.0 Å². The lowest BCUT2D eigenvalue weighted by molar-refractivity contribution is -0.384. The number of hydrogen-bond acceptors (Lipinski definition) is 17. The Balaban J connectivity index is 1.57. The van der Waals surface area contributed by atoms with Crippen LogP contribution in [-0.4, -0.2) is 101 Å². The molecule has 0 bridgehead atoms. The van der Waals surface area contributed by atoms with Crippen LogP contribution in [0.15, 0.2) is 114 Å². The molecule has 6 aromatic carbocycles. The van der Waals surface area contributed by atoms with Crippen LogP contribution in [0.4, 0.5) is 33.2 Å². The van der Waals surface area contributed by atoms with Crippen molar-refractivity contribution in [2.24, 2.45) is 0 Å². The molecule has 34 heteroatoms. The first-order valence-electron chi connectivity index (χ1n) is 18.1. The molecule has 0 radical (unpaired) electrons. The number of carbonyl (C=O) groups is 3. The first-order valence-corrected chi connectivity index (χ1v) is 26.8. The number of nitrogens with zero attached hydrogens (tertiary/aromatic N) is 1. The molecule has 6 rings (SSSR count). The Kier molecular flexibility index (Phi) is 13.5. The van der Waals surface area contributed by atoms with Crippen LogP contribution in [0.1, 0.15) is 26.3 Å². The number of anilines is 4. The molecule has 28 nitrogen and oxygen atoms in total. The second-order valence-corrected chi connectivity index (χ2v) is 22.9. The first kappa shape index (κ1) is 52.3. The standard InChI is InChI=1S/C36H27N5O23S6/c1-16-2-3-26(29(4-16)41(45)46)40-36(44)37-21-6-19(34(42)38-27-12-22(65(47,48)49)8-17-10-24(67(53,54)55)14-30(32(17)27)69(59,60)61)5-20(7-21)35(43)39-28-13-23(66(50,51)52)9-18-11-25(68(56,57)58)15-31(33(18)28)70(62,63)64/h2-15H,1H3,(H,38,42)(H,39,43)(H2,37,40,44)(H,47,48,49)(H,50,51,52)(H,53,54,55)(H,56,57,58)(H,59,60,61)(H,62,63,64). The summed E-state index contributed by atoms with van der Waals surface area (Å²) in [5.74, 6) is -3.04. The van der Waals surface area contributed by atoms with Crippen molar-refractivity contribution >= 4 is 129 Å². The minimum Gasteiger partial charge on any atom is -0.321 e. The molecule has 0 fully saturated rings. The van der Waals surface area contributed by atoms with E-state index in [1.165, 1.54) is 13.0 Å². The summed E-state index contributed by atoms with van der Waals surface area (Å²) in [7, 11) is -32.5. The quantitative estimate of drug-likeness (QED) is 0.0446. The number of hydrogen-bond donors (Lipinski definition) is 10. The lowest BCUT2D eigenvalue weighted by Crippen LogP contribution is -2.22. The van der Waals surface area contributed by atoms with Crippen molar-refractivity contribution in [3.8, 4) is 0 Å². The molecule has 0 aromatic heterocycles. The number of aryl methyl sites for hydroxylation is 1. The van der Waals surface area contributed by atoms with Crippen LogP contribution in [0.25, 0.3) is 21.5 Å². The third-order valence-electron chi connectivity index (χ3n) is 9.48. The summed E-state index contributed by atoms with van der Waals surface area (Å²) in [6, 6.07) is 7.58. The van der Waals surface area contributed by atoms with Gasteiger partial charge in [0.15, 0.2) is 0 Å². The van der Waals surface area contributed by atoms with Gasteiger partial charge in [-0.3, -0.25) is 47.0 Å². The lowest BCUT2D eigenvalue weighted by Gasteiger charge is -2.17. The summed E-state index contributed by atoms with van der Waals surface area (Å²) in [4.78, 5) is 44.9. The van der Waals surface area contributed by atoms with Crippen molar-refractivity contribution in [2.45, 2.75) is 36.3 Å². The zero-order valence-corrected chi connectivity index (χ0v) is 39.0. The second-order valence-electron chi connectivity index (χ2n) is 14.4. The average Bonchev–Trinajstić information content (AvgIpc) is 3.21. The maximum atomic E-state index is 14.2. The van der Waals surface area contributed by atoms with E-state index in [4.69, 9.17) is 0 Å². The topological polar surface area (TPSA) is 469 Å². The van der Waals surface area contributed by atoms with Gasteiger partial charge in [0, 0.05) is 33.7 Å². The van der Waals surface area contributed by atoms with Crippen LogP contribution >= 0.6 is 0 Å². The van der Waals surface area contributed by atoms with Gasteiger partial charge >= 0.3 is 6.03 Å². The van der Waals surface area contributed by atoms with Crippen molar-refractivity contribution in [1.82, 2.24) is 0 Å². The van der Waals surface area contributed by atoms with E-state index in [0.717, 1.165) is 24.3 Å². The SMILES string of the molecule is Cc1ccc(NC(=O)Nc2cc(C(=O)Nc3cc(S(=O)(=O)O)cc4cc(S(=O)(=O)O)cc(S(=O)(=O)O)c34)cc(C(=O)Nc3cc(S(=O)(=O)O)cc4cc(S(=O)(=O)O)cc(S(=O)(=O)O)c34)c2)c([N+](=O)[O-])c1. The molecule has 0 aliphatic carbocycles. The highest BCUT2D eigenvalue weighted by atomic mass is 32.2. The Morgan fingerprint density at radius 1 is 0.457 bits per heavy atom. The van der Waals surface area contributed by atoms with Crippen LogP contribution in [0.2, 0.25) is 0 Å². The van der Waals surface area contributed by atoms with E-state index in [2.05, 4.69) is 10.6 Å². The Morgan fingerprint density at radius 2 is 0.829 bits per heavy atom. The third kappa shape index (κ3) is 11.5. The number of fused-ring (bicyclic) bond motifs is 2. The summed E-state index contributed by atoms with van der Waals surface area (Å²) in [5, 5.41) is 16.8. The van der Waals surface area contributed by atoms with Gasteiger partial charge in [0.05, 0.1) is 35.9 Å². The number of rotatable bonds is 13. The van der Waals surface area contributed by atoms with Gasteiger partial charge < -0.3 is 21.3 Å². The maximum Gasteiger partial charge on any atom is 0.323 e. The minimum absolute atomic E-state index is 0.206. The Bertz CT molecular complexity index is 3820. The zero-order valence-electron chi connectivity index (χ0n) is 34.1. The number of carbonyl (C=O) groups excluding carboxylic acids is 3. The smallest absolute Gasteiger partial charge is 0.321 e. The van der Waals surface area contributed by atoms with Gasteiger partial charge in [-0.15, -0.1) is 0 Å². The molecule has 10 N–H and O–H groups in total. The molecule has 0 saturated carbocycles. The minimum atomic E-state index is -5.58. The summed E-state index contributed by atoms with van der Waals surface area (Å²) in [5.41, 5.74) is -4.75. The molecular formula is C36H27N5O23S6. The fourth-order valence-corrected chi connectivity index (χ4v) is 10.4. The maximum absolute atomic E-state index is 14.2. The fraction of sp³-hybridized carbons (Fsp3) is 0.0278. The summed E-state index contributed by atoms with van der Waals surface area (Å²) in [6.45, 7) is 1.49. The highest BCUT2D eigenvalue weighted by molar-refractivity contribution is 7.87. The van der Waals surface area contributed by atoms with Crippen LogP contribution < -0.4 is 21.3 Å². The van der Waals surface area contributed by atoms with E-state index in [9.17, 15) is 102 Å². The van der Waals surface area contributed by atoms with Gasteiger partial charge in [-0.1, -0.05) is 6.07 Å². The summed E-state index contributed by atoms with van der Waals surface area (Å²) < 4.78 is 207. The van der Waals surface area contributed by atoms with Gasteiger partial charge in [0.2, 0.25) is 0 Å². The molecule has 4 amide bonds. The first-order chi connectivity index (χ1) is 31.9. The van der Waals surface area contributed by atoms with Crippen LogP contribution in [-0.2, 0) is 60.7 Å². The molecule has 0 unspecified atom stereocenters. The average molecular weight is 1090 g/mol. The van der Waals surface area contributed by atoms with Crippen molar-refractivity contribution in [1.29, 1.82) is 0 Å². The molecule has 0 heterocycles.